The first-order valence-corrected chi connectivity index (χ1v) is 6.28. The lowest BCUT2D eigenvalue weighted by atomic mass is 10.1. The van der Waals surface area contributed by atoms with E-state index >= 15 is 0 Å². The van der Waals surface area contributed by atoms with Crippen LogP contribution in [0.3, 0.4) is 0 Å². The van der Waals surface area contributed by atoms with Crippen LogP contribution in [0.15, 0.2) is 40.5 Å². The molecule has 0 aliphatic heterocycles. The van der Waals surface area contributed by atoms with Gasteiger partial charge < -0.3 is 4.74 Å². The van der Waals surface area contributed by atoms with Gasteiger partial charge in [-0.1, -0.05) is 0 Å². The molecule has 0 bridgehead atoms. The van der Waals surface area contributed by atoms with E-state index in [-0.39, 0.29) is 5.56 Å². The van der Waals surface area contributed by atoms with Gasteiger partial charge in [0.05, 0.1) is 17.2 Å². The van der Waals surface area contributed by atoms with E-state index < -0.39 is 0 Å². The summed E-state index contributed by atoms with van der Waals surface area (Å²) in [7, 11) is 1.63. The second kappa shape index (κ2) is 4.27. The summed E-state index contributed by atoms with van der Waals surface area (Å²) < 4.78 is 6.03. The largest absolute Gasteiger partial charge is 0.497 e. The van der Waals surface area contributed by atoms with E-state index in [4.69, 9.17) is 4.74 Å². The Morgan fingerprint density at radius 3 is 2.72 bits per heavy atom. The summed E-state index contributed by atoms with van der Waals surface area (Å²) in [6.07, 6.45) is 0. The molecule has 0 aliphatic rings. The Bertz CT molecular complexity index is 744. The van der Waals surface area contributed by atoms with Crippen molar-refractivity contribution in [3.05, 3.63) is 46.1 Å². The number of rotatable bonds is 2. The number of fused-ring (bicyclic) bond motifs is 1. The summed E-state index contributed by atoms with van der Waals surface area (Å²) in [5.74, 6) is 0.797. The number of hydrogen-bond donors (Lipinski definition) is 1. The highest BCUT2D eigenvalue weighted by Gasteiger charge is 2.09. The van der Waals surface area contributed by atoms with E-state index in [0.29, 0.717) is 5.39 Å². The lowest BCUT2D eigenvalue weighted by molar-refractivity contribution is 0.415. The van der Waals surface area contributed by atoms with E-state index in [1.807, 2.05) is 35.7 Å². The molecule has 0 amide bonds. The first kappa shape index (κ1) is 11.0. The van der Waals surface area contributed by atoms with Gasteiger partial charge in [-0.3, -0.25) is 4.79 Å². The van der Waals surface area contributed by atoms with Crippen LogP contribution in [0, 0.1) is 0 Å². The molecule has 0 radical (unpaired) electrons. The van der Waals surface area contributed by atoms with Crippen molar-refractivity contribution in [2.75, 3.05) is 7.11 Å². The minimum atomic E-state index is -0.150. The molecule has 5 heteroatoms. The fourth-order valence-corrected chi connectivity index (χ4v) is 2.74. The summed E-state index contributed by atoms with van der Waals surface area (Å²) in [5.41, 5.74) is 1.60. The van der Waals surface area contributed by atoms with Crippen LogP contribution in [0.2, 0.25) is 0 Å². The van der Waals surface area contributed by atoms with Crippen LogP contribution in [0.25, 0.3) is 21.3 Å². The maximum Gasteiger partial charge on any atom is 0.272 e. The Balaban J connectivity index is 2.21. The Morgan fingerprint density at radius 2 is 2.00 bits per heavy atom. The standard InChI is InChI=1S/C13H10N2O2S/c1-17-9-4-2-8(3-5-9)11-12-10(6-7-18-12)13(16)15-14-11/h2-7H,1H3,(H,15,16). The number of methoxy groups -OCH3 is 1. The molecular formula is C13H10N2O2S. The number of ether oxygens (including phenoxy) is 1. The maximum atomic E-state index is 11.6. The van der Waals surface area contributed by atoms with Gasteiger partial charge in [-0.25, -0.2) is 5.10 Å². The summed E-state index contributed by atoms with van der Waals surface area (Å²) >= 11 is 1.52. The second-order valence-corrected chi connectivity index (χ2v) is 4.71. The number of benzene rings is 1. The second-order valence-electron chi connectivity index (χ2n) is 3.79. The SMILES string of the molecule is COc1ccc(-c2n[nH]c(=O)c3ccsc23)cc1. The molecule has 0 unspecified atom stereocenters. The zero-order chi connectivity index (χ0) is 12.5. The molecule has 0 saturated heterocycles. The molecule has 3 aromatic rings. The zero-order valence-electron chi connectivity index (χ0n) is 9.64. The summed E-state index contributed by atoms with van der Waals surface area (Å²) in [5, 5.41) is 9.24. The molecule has 18 heavy (non-hydrogen) atoms. The van der Waals surface area contributed by atoms with Crippen molar-refractivity contribution in [3.8, 4) is 17.0 Å². The molecule has 1 N–H and O–H groups in total. The van der Waals surface area contributed by atoms with E-state index in [0.717, 1.165) is 21.7 Å². The van der Waals surface area contributed by atoms with E-state index in [9.17, 15) is 4.79 Å². The van der Waals surface area contributed by atoms with Crippen LogP contribution in [-0.2, 0) is 0 Å². The number of aromatic nitrogens is 2. The summed E-state index contributed by atoms with van der Waals surface area (Å²) in [6.45, 7) is 0. The minimum Gasteiger partial charge on any atom is -0.497 e. The van der Waals surface area contributed by atoms with Crippen LogP contribution >= 0.6 is 11.3 Å². The predicted octanol–water partition coefficient (Wildman–Crippen LogP) is 2.66. The van der Waals surface area contributed by atoms with Crippen molar-refractivity contribution in [1.29, 1.82) is 0 Å². The molecule has 0 saturated carbocycles. The molecule has 0 fully saturated rings. The van der Waals surface area contributed by atoms with E-state index in [1.165, 1.54) is 11.3 Å². The molecule has 0 atom stereocenters. The third-order valence-corrected chi connectivity index (χ3v) is 3.68. The van der Waals surface area contributed by atoms with Gasteiger partial charge in [0.1, 0.15) is 11.4 Å². The Morgan fingerprint density at radius 1 is 1.22 bits per heavy atom. The van der Waals surface area contributed by atoms with Crippen LogP contribution < -0.4 is 10.3 Å². The van der Waals surface area contributed by atoms with Gasteiger partial charge in [0.15, 0.2) is 0 Å². The van der Waals surface area contributed by atoms with Gasteiger partial charge in [-0.2, -0.15) is 5.10 Å². The number of nitrogens with zero attached hydrogens (tertiary/aromatic N) is 1. The topological polar surface area (TPSA) is 55.0 Å². The number of H-pyrrole nitrogens is 1. The fraction of sp³-hybridized carbons (Fsp3) is 0.0769. The lowest BCUT2D eigenvalue weighted by Crippen LogP contribution is -2.07. The number of aromatic amines is 1. The normalized spacial score (nSPS) is 10.7. The molecule has 1 aromatic carbocycles. The zero-order valence-corrected chi connectivity index (χ0v) is 10.5. The number of hydrogen-bond acceptors (Lipinski definition) is 4. The Kier molecular flexibility index (Phi) is 2.60. The first-order valence-electron chi connectivity index (χ1n) is 5.40. The van der Waals surface area contributed by atoms with E-state index in [1.54, 1.807) is 7.11 Å². The molecule has 2 heterocycles. The van der Waals surface area contributed by atoms with Crippen molar-refractivity contribution >= 4 is 21.4 Å². The summed E-state index contributed by atoms with van der Waals surface area (Å²) in [6, 6.07) is 9.42. The minimum absolute atomic E-state index is 0.150. The highest BCUT2D eigenvalue weighted by molar-refractivity contribution is 7.17. The monoisotopic (exact) mass is 258 g/mol. The third kappa shape index (κ3) is 1.69. The van der Waals surface area contributed by atoms with Crippen molar-refractivity contribution in [1.82, 2.24) is 10.2 Å². The van der Waals surface area contributed by atoms with Crippen LogP contribution in [0.1, 0.15) is 0 Å². The van der Waals surface area contributed by atoms with Gasteiger partial charge in [0.2, 0.25) is 0 Å². The van der Waals surface area contributed by atoms with Crippen LogP contribution in [0.5, 0.6) is 5.75 Å². The molecule has 4 nitrogen and oxygen atoms in total. The molecular weight excluding hydrogens is 248 g/mol. The summed E-state index contributed by atoms with van der Waals surface area (Å²) in [4.78, 5) is 11.6. The molecule has 3 rings (SSSR count). The fourth-order valence-electron chi connectivity index (χ4n) is 1.83. The van der Waals surface area contributed by atoms with Gasteiger partial charge in [-0.05, 0) is 35.7 Å². The first-order chi connectivity index (χ1) is 8.79. The van der Waals surface area contributed by atoms with Crippen LogP contribution in [-0.4, -0.2) is 17.3 Å². The molecule has 90 valence electrons. The van der Waals surface area contributed by atoms with Crippen molar-refractivity contribution in [2.45, 2.75) is 0 Å². The van der Waals surface area contributed by atoms with Crippen molar-refractivity contribution in [3.63, 3.8) is 0 Å². The Labute approximate surface area is 107 Å². The lowest BCUT2D eigenvalue weighted by Gasteiger charge is -2.03. The smallest absolute Gasteiger partial charge is 0.272 e. The number of thiophene rings is 1. The Hall–Kier alpha value is -2.14. The van der Waals surface area contributed by atoms with Gasteiger partial charge in [-0.15, -0.1) is 11.3 Å². The molecule has 0 aliphatic carbocycles. The highest BCUT2D eigenvalue weighted by Crippen LogP contribution is 2.29. The van der Waals surface area contributed by atoms with Gasteiger partial charge >= 0.3 is 0 Å². The average Bonchev–Trinajstić information content (AvgIpc) is 2.90. The third-order valence-electron chi connectivity index (χ3n) is 2.76. The average molecular weight is 258 g/mol. The van der Waals surface area contributed by atoms with E-state index in [2.05, 4.69) is 10.2 Å². The van der Waals surface area contributed by atoms with Crippen LogP contribution in [0.4, 0.5) is 0 Å². The molecule has 0 spiro atoms. The highest BCUT2D eigenvalue weighted by atomic mass is 32.1. The maximum absolute atomic E-state index is 11.6. The number of nitrogens with one attached hydrogen (secondary N) is 1. The van der Waals surface area contributed by atoms with Crippen molar-refractivity contribution < 1.29 is 4.74 Å². The van der Waals surface area contributed by atoms with Gasteiger partial charge in [0.25, 0.3) is 5.56 Å². The predicted molar refractivity (Wildman–Crippen MR) is 72.2 cm³/mol. The van der Waals surface area contributed by atoms with Gasteiger partial charge in [0, 0.05) is 5.56 Å². The van der Waals surface area contributed by atoms with Crippen molar-refractivity contribution in [2.24, 2.45) is 0 Å². The quantitative estimate of drug-likeness (QED) is 0.768. The molecule has 2 aromatic heterocycles.